The smallest absolute Gasteiger partial charge is 0.306 e. The highest BCUT2D eigenvalue weighted by atomic mass is 19.1. The Hall–Kier alpha value is -1.69. The first-order chi connectivity index (χ1) is 8.56. The van der Waals surface area contributed by atoms with E-state index in [1.54, 1.807) is 0 Å². The molecule has 0 bridgehead atoms. The molecule has 18 heavy (non-hydrogen) atoms. The van der Waals surface area contributed by atoms with Gasteiger partial charge in [0.25, 0.3) is 0 Å². The maximum absolute atomic E-state index is 13.1. The van der Waals surface area contributed by atoms with Gasteiger partial charge in [0.1, 0.15) is 0 Å². The lowest BCUT2D eigenvalue weighted by Gasteiger charge is -2.13. The minimum absolute atomic E-state index is 0.115. The van der Waals surface area contributed by atoms with Gasteiger partial charge in [-0.2, -0.15) is 4.39 Å². The number of nitrogens with zero attached hydrogens (tertiary/aromatic N) is 1. The molecule has 98 valence electrons. The molecule has 0 saturated carbocycles. The molecule has 0 radical (unpaired) electrons. The van der Waals surface area contributed by atoms with Gasteiger partial charge in [0.05, 0.1) is 17.1 Å². The molecule has 1 aromatic carbocycles. The summed E-state index contributed by atoms with van der Waals surface area (Å²) in [5.41, 5.74) is 0.0203. The average Bonchev–Trinajstić information content (AvgIpc) is 2.74. The van der Waals surface area contributed by atoms with Gasteiger partial charge in [0.15, 0.2) is 0 Å². The van der Waals surface area contributed by atoms with Crippen LogP contribution in [0.3, 0.4) is 0 Å². The lowest BCUT2D eigenvalue weighted by Crippen LogP contribution is -2.19. The molecule has 2 atom stereocenters. The van der Waals surface area contributed by atoms with Gasteiger partial charge in [-0.3, -0.25) is 10.1 Å². The average molecular weight is 254 g/mol. The van der Waals surface area contributed by atoms with Gasteiger partial charge < -0.3 is 10.1 Å². The number of hydrogen-bond acceptors (Lipinski definition) is 4. The van der Waals surface area contributed by atoms with Crippen LogP contribution in [0, 0.1) is 15.9 Å². The van der Waals surface area contributed by atoms with Crippen LogP contribution in [-0.2, 0) is 4.74 Å². The summed E-state index contributed by atoms with van der Waals surface area (Å²) in [6, 6.07) is 3.78. The van der Waals surface area contributed by atoms with Crippen molar-refractivity contribution >= 4 is 11.4 Å². The zero-order valence-electron chi connectivity index (χ0n) is 10.1. The van der Waals surface area contributed by atoms with Crippen LogP contribution in [0.1, 0.15) is 19.8 Å². The van der Waals surface area contributed by atoms with E-state index in [1.165, 1.54) is 12.1 Å². The Morgan fingerprint density at radius 3 is 2.94 bits per heavy atom. The highest BCUT2D eigenvalue weighted by Crippen LogP contribution is 2.23. The molecule has 1 fully saturated rings. The third-order valence-corrected chi connectivity index (χ3v) is 3.00. The number of nitro groups is 1. The summed E-state index contributed by atoms with van der Waals surface area (Å²) in [5, 5.41) is 13.6. The van der Waals surface area contributed by atoms with E-state index >= 15 is 0 Å². The molecule has 1 aromatic rings. The van der Waals surface area contributed by atoms with Crippen LogP contribution < -0.4 is 5.32 Å². The monoisotopic (exact) mass is 254 g/mol. The molecule has 1 N–H and O–H groups in total. The van der Waals surface area contributed by atoms with Crippen LogP contribution in [0.25, 0.3) is 0 Å². The van der Waals surface area contributed by atoms with E-state index in [1.807, 2.05) is 6.92 Å². The quantitative estimate of drug-likeness (QED) is 0.662. The van der Waals surface area contributed by atoms with Crippen molar-refractivity contribution in [3.05, 3.63) is 34.1 Å². The zero-order valence-corrected chi connectivity index (χ0v) is 10.1. The van der Waals surface area contributed by atoms with Crippen LogP contribution in [0.5, 0.6) is 0 Å². The van der Waals surface area contributed by atoms with Gasteiger partial charge in [0, 0.05) is 18.3 Å². The molecule has 1 heterocycles. The number of halogens is 1. The molecule has 1 saturated heterocycles. The Labute approximate surface area is 104 Å². The second-order valence-corrected chi connectivity index (χ2v) is 4.45. The maximum Gasteiger partial charge on any atom is 0.306 e. The largest absolute Gasteiger partial charge is 0.382 e. The fraction of sp³-hybridized carbons (Fsp3) is 0.500. The van der Waals surface area contributed by atoms with E-state index in [2.05, 4.69) is 5.32 Å². The van der Waals surface area contributed by atoms with Crippen molar-refractivity contribution < 1.29 is 14.1 Å². The minimum Gasteiger partial charge on any atom is -0.382 e. The number of benzene rings is 1. The van der Waals surface area contributed by atoms with Crippen molar-refractivity contribution in [2.45, 2.75) is 32.0 Å². The summed E-state index contributed by atoms with van der Waals surface area (Å²) in [5.74, 6) is -0.823. The fourth-order valence-corrected chi connectivity index (χ4v) is 2.03. The third-order valence-electron chi connectivity index (χ3n) is 3.00. The normalized spacial score (nSPS) is 23.0. The number of ether oxygens (including phenoxy) is 1. The first-order valence-electron chi connectivity index (χ1n) is 5.89. The standard InChI is InChI=1S/C12H15FN2O3/c1-8-2-4-10(18-8)7-14-9-3-5-11(13)12(6-9)15(16)17/h3,5-6,8,10,14H,2,4,7H2,1H3. The molecule has 0 aliphatic carbocycles. The molecule has 5 nitrogen and oxygen atoms in total. The topological polar surface area (TPSA) is 64.4 Å². The molecular weight excluding hydrogens is 239 g/mol. The predicted octanol–water partition coefficient (Wildman–Crippen LogP) is 2.71. The van der Waals surface area contributed by atoms with Crippen molar-refractivity contribution in [3.63, 3.8) is 0 Å². The number of hydrogen-bond donors (Lipinski definition) is 1. The van der Waals surface area contributed by atoms with E-state index in [-0.39, 0.29) is 12.2 Å². The summed E-state index contributed by atoms with van der Waals surface area (Å²) in [6.45, 7) is 2.59. The number of nitrogens with one attached hydrogen (secondary N) is 1. The summed E-state index contributed by atoms with van der Waals surface area (Å²) in [7, 11) is 0. The molecular formula is C12H15FN2O3. The van der Waals surface area contributed by atoms with E-state index in [0.29, 0.717) is 12.2 Å². The van der Waals surface area contributed by atoms with E-state index in [9.17, 15) is 14.5 Å². The molecule has 0 spiro atoms. The Bertz CT molecular complexity index is 453. The van der Waals surface area contributed by atoms with Gasteiger partial charge in [-0.25, -0.2) is 0 Å². The molecule has 0 amide bonds. The van der Waals surface area contributed by atoms with Crippen LogP contribution in [0.15, 0.2) is 18.2 Å². The second-order valence-electron chi connectivity index (χ2n) is 4.45. The molecule has 2 unspecified atom stereocenters. The highest BCUT2D eigenvalue weighted by Gasteiger charge is 2.21. The van der Waals surface area contributed by atoms with Gasteiger partial charge in [0.2, 0.25) is 5.82 Å². The summed E-state index contributed by atoms with van der Waals surface area (Å²) < 4.78 is 18.7. The molecule has 1 aliphatic heterocycles. The van der Waals surface area contributed by atoms with Crippen LogP contribution >= 0.6 is 0 Å². The van der Waals surface area contributed by atoms with Gasteiger partial charge in [-0.05, 0) is 31.9 Å². The maximum atomic E-state index is 13.1. The Balaban J connectivity index is 1.97. The molecule has 1 aliphatic rings. The molecule has 0 aromatic heterocycles. The van der Waals surface area contributed by atoms with Crippen LogP contribution in [0.2, 0.25) is 0 Å². The number of nitro benzene ring substituents is 1. The zero-order chi connectivity index (χ0) is 13.1. The van der Waals surface area contributed by atoms with Crippen LogP contribution in [0.4, 0.5) is 15.8 Å². The lowest BCUT2D eigenvalue weighted by atomic mass is 10.2. The molecule has 6 heteroatoms. The molecule has 2 rings (SSSR count). The SMILES string of the molecule is CC1CCC(CNc2ccc(F)c([N+](=O)[O-])c2)O1. The van der Waals surface area contributed by atoms with Crippen molar-refractivity contribution in [2.24, 2.45) is 0 Å². The first-order valence-corrected chi connectivity index (χ1v) is 5.89. The number of anilines is 1. The summed E-state index contributed by atoms with van der Waals surface area (Å²) in [4.78, 5) is 9.86. The number of rotatable bonds is 4. The van der Waals surface area contributed by atoms with Crippen molar-refractivity contribution in [2.75, 3.05) is 11.9 Å². The second kappa shape index (κ2) is 5.30. The fourth-order valence-electron chi connectivity index (χ4n) is 2.03. The third kappa shape index (κ3) is 2.95. The van der Waals surface area contributed by atoms with Gasteiger partial charge in [-0.1, -0.05) is 0 Å². The Morgan fingerprint density at radius 1 is 1.56 bits per heavy atom. The summed E-state index contributed by atoms with van der Waals surface area (Å²) in [6.07, 6.45) is 2.37. The van der Waals surface area contributed by atoms with Crippen molar-refractivity contribution in [1.82, 2.24) is 0 Å². The minimum atomic E-state index is -0.823. The Kier molecular flexibility index (Phi) is 3.76. The van der Waals surface area contributed by atoms with Crippen molar-refractivity contribution in [1.29, 1.82) is 0 Å². The van der Waals surface area contributed by atoms with E-state index in [0.717, 1.165) is 18.9 Å². The highest BCUT2D eigenvalue weighted by molar-refractivity contribution is 5.51. The predicted molar refractivity (Wildman–Crippen MR) is 65.1 cm³/mol. The van der Waals surface area contributed by atoms with Crippen molar-refractivity contribution in [3.8, 4) is 0 Å². The van der Waals surface area contributed by atoms with Gasteiger partial charge >= 0.3 is 5.69 Å². The van der Waals surface area contributed by atoms with E-state index in [4.69, 9.17) is 4.74 Å². The lowest BCUT2D eigenvalue weighted by molar-refractivity contribution is -0.387. The Morgan fingerprint density at radius 2 is 2.33 bits per heavy atom. The van der Waals surface area contributed by atoms with Crippen LogP contribution in [-0.4, -0.2) is 23.7 Å². The van der Waals surface area contributed by atoms with Gasteiger partial charge in [-0.15, -0.1) is 0 Å². The first kappa shape index (κ1) is 12.8. The summed E-state index contributed by atoms with van der Waals surface area (Å²) >= 11 is 0. The van der Waals surface area contributed by atoms with E-state index < -0.39 is 16.4 Å².